The Hall–Kier alpha value is -2.21. The predicted octanol–water partition coefficient (Wildman–Crippen LogP) is 3.26. The van der Waals surface area contributed by atoms with E-state index >= 15 is 0 Å². The summed E-state index contributed by atoms with van der Waals surface area (Å²) in [5.74, 6) is 1.50. The Morgan fingerprint density at radius 2 is 2.14 bits per heavy atom. The summed E-state index contributed by atoms with van der Waals surface area (Å²) in [6.45, 7) is 1.23. The molecule has 0 bridgehead atoms. The molecule has 2 aliphatic heterocycles. The molecule has 0 aromatic heterocycles. The lowest BCUT2D eigenvalue weighted by atomic mass is 9.69. The third kappa shape index (κ3) is 3.08. The summed E-state index contributed by atoms with van der Waals surface area (Å²) >= 11 is 0. The van der Waals surface area contributed by atoms with Crippen LogP contribution in [0.15, 0.2) is 24.3 Å². The summed E-state index contributed by atoms with van der Waals surface area (Å²) in [7, 11) is 1.65. The highest BCUT2D eigenvalue weighted by Gasteiger charge is 2.53. The summed E-state index contributed by atoms with van der Waals surface area (Å²) in [5.41, 5.74) is 1.94. The molecule has 2 N–H and O–H groups in total. The normalized spacial score (nSPS) is 30.8. The van der Waals surface area contributed by atoms with E-state index in [9.17, 15) is 9.90 Å². The van der Waals surface area contributed by atoms with E-state index in [4.69, 9.17) is 9.47 Å². The van der Waals surface area contributed by atoms with E-state index in [-0.39, 0.29) is 17.6 Å². The summed E-state index contributed by atoms with van der Waals surface area (Å²) in [5, 5.41) is 13.4. The second-order valence-electron chi connectivity index (χ2n) is 8.90. The molecule has 6 nitrogen and oxygen atoms in total. The summed E-state index contributed by atoms with van der Waals surface area (Å²) in [6, 6.07) is 4.33. The van der Waals surface area contributed by atoms with Crippen molar-refractivity contribution in [2.75, 3.05) is 13.7 Å². The Morgan fingerprint density at radius 1 is 1.31 bits per heavy atom. The Kier molecular flexibility index (Phi) is 4.69. The third-order valence-corrected chi connectivity index (χ3v) is 7.18. The van der Waals surface area contributed by atoms with Gasteiger partial charge in [-0.05, 0) is 30.9 Å². The van der Waals surface area contributed by atoms with E-state index in [2.05, 4.69) is 17.5 Å². The quantitative estimate of drug-likeness (QED) is 0.750. The smallest absolute Gasteiger partial charge is 0.317 e. The first kappa shape index (κ1) is 18.8. The van der Waals surface area contributed by atoms with Crippen LogP contribution in [0.1, 0.15) is 56.1 Å². The number of methoxy groups -OCH3 is 1. The fourth-order valence-electron chi connectivity index (χ4n) is 5.62. The van der Waals surface area contributed by atoms with E-state index in [1.54, 1.807) is 7.11 Å². The molecule has 2 amide bonds. The van der Waals surface area contributed by atoms with Crippen LogP contribution in [0.4, 0.5) is 4.79 Å². The van der Waals surface area contributed by atoms with E-state index in [1.807, 2.05) is 17.0 Å². The molecule has 0 radical (unpaired) electrons. The molecule has 29 heavy (non-hydrogen) atoms. The molecular formula is C23H30N2O4. The molecule has 2 aliphatic carbocycles. The van der Waals surface area contributed by atoms with Crippen molar-refractivity contribution >= 4 is 6.03 Å². The fourth-order valence-corrected chi connectivity index (χ4v) is 5.62. The molecule has 6 heteroatoms. The molecule has 5 rings (SSSR count). The van der Waals surface area contributed by atoms with Crippen LogP contribution in [0.3, 0.4) is 0 Å². The number of carbonyl (C=O) groups is 1. The predicted molar refractivity (Wildman–Crippen MR) is 109 cm³/mol. The summed E-state index contributed by atoms with van der Waals surface area (Å²) < 4.78 is 11.9. The van der Waals surface area contributed by atoms with Crippen molar-refractivity contribution in [3.05, 3.63) is 35.4 Å². The fraction of sp³-hybridized carbons (Fsp3) is 0.609. The minimum Gasteiger partial charge on any atom is -0.493 e. The third-order valence-electron chi connectivity index (χ3n) is 7.18. The van der Waals surface area contributed by atoms with Crippen molar-refractivity contribution in [3.63, 3.8) is 0 Å². The van der Waals surface area contributed by atoms with Crippen LogP contribution >= 0.6 is 0 Å². The maximum Gasteiger partial charge on any atom is 0.317 e. The molecule has 1 fully saturated rings. The first-order chi connectivity index (χ1) is 14.1. The van der Waals surface area contributed by atoms with E-state index in [0.717, 1.165) is 41.9 Å². The van der Waals surface area contributed by atoms with Crippen molar-refractivity contribution < 1.29 is 19.4 Å². The van der Waals surface area contributed by atoms with Crippen LogP contribution in [0.5, 0.6) is 11.5 Å². The Labute approximate surface area is 171 Å². The summed E-state index contributed by atoms with van der Waals surface area (Å²) in [6.07, 6.45) is 10.6. The molecular weight excluding hydrogens is 368 g/mol. The summed E-state index contributed by atoms with van der Waals surface area (Å²) in [4.78, 5) is 15.0. The highest BCUT2D eigenvalue weighted by molar-refractivity contribution is 5.75. The standard InChI is InChI=1S/C23H30N2O4/c1-28-18-8-7-15-14-25(22(27)24-16-5-3-2-4-6-16)12-11-23-10-9-17(26)13-19(23)29-21(18)20(15)23/h7-10,16-17,19,26H,2-6,11-14H2,1H3,(H,24,27)/t17-,19?,23?/m0/s1. The SMILES string of the molecule is COc1ccc2c3c1OC1C[C@@H](O)C=CC31CCN(C(=O)NC1CCCCC1)C2. The van der Waals surface area contributed by atoms with Gasteiger partial charge in [-0.3, -0.25) is 0 Å². The largest absolute Gasteiger partial charge is 0.493 e. The second kappa shape index (κ2) is 7.24. The van der Waals surface area contributed by atoms with Crippen LogP contribution in [0.2, 0.25) is 0 Å². The molecule has 2 unspecified atom stereocenters. The number of hydrogen-bond donors (Lipinski definition) is 2. The Bertz CT molecular complexity index is 832. The van der Waals surface area contributed by atoms with Gasteiger partial charge in [0.15, 0.2) is 11.5 Å². The van der Waals surface area contributed by atoms with E-state index < -0.39 is 6.10 Å². The van der Waals surface area contributed by atoms with Crippen LogP contribution in [0.25, 0.3) is 0 Å². The lowest BCUT2D eigenvalue weighted by molar-refractivity contribution is 0.0819. The molecule has 156 valence electrons. The van der Waals surface area contributed by atoms with Gasteiger partial charge in [-0.2, -0.15) is 0 Å². The molecule has 0 saturated heterocycles. The first-order valence-corrected chi connectivity index (χ1v) is 10.9. The number of nitrogens with one attached hydrogen (secondary N) is 1. The van der Waals surface area contributed by atoms with Crippen molar-refractivity contribution in [2.45, 2.75) is 75.2 Å². The number of benzene rings is 1. The maximum absolute atomic E-state index is 13.1. The molecule has 1 aromatic rings. The van der Waals surface area contributed by atoms with Gasteiger partial charge in [-0.1, -0.05) is 37.5 Å². The van der Waals surface area contributed by atoms with Gasteiger partial charge >= 0.3 is 6.03 Å². The molecule has 3 atom stereocenters. The van der Waals surface area contributed by atoms with Crippen LogP contribution in [0, 0.1) is 0 Å². The van der Waals surface area contributed by atoms with Crippen molar-refractivity contribution in [3.8, 4) is 11.5 Å². The highest BCUT2D eigenvalue weighted by Crippen LogP contribution is 2.55. The molecule has 1 aromatic carbocycles. The van der Waals surface area contributed by atoms with Crippen LogP contribution in [-0.4, -0.2) is 47.9 Å². The number of ether oxygens (including phenoxy) is 2. The van der Waals surface area contributed by atoms with Gasteiger partial charge < -0.3 is 24.8 Å². The van der Waals surface area contributed by atoms with Crippen LogP contribution < -0.4 is 14.8 Å². The molecule has 2 heterocycles. The maximum atomic E-state index is 13.1. The van der Waals surface area contributed by atoms with E-state index in [1.165, 1.54) is 19.3 Å². The first-order valence-electron chi connectivity index (χ1n) is 10.9. The number of rotatable bonds is 2. The number of carbonyl (C=O) groups excluding carboxylic acids is 1. The van der Waals surface area contributed by atoms with Gasteiger partial charge in [0, 0.05) is 31.1 Å². The monoisotopic (exact) mass is 398 g/mol. The average molecular weight is 399 g/mol. The number of hydrogen-bond acceptors (Lipinski definition) is 4. The topological polar surface area (TPSA) is 71.0 Å². The van der Waals surface area contributed by atoms with Crippen molar-refractivity contribution in [1.82, 2.24) is 10.2 Å². The lowest BCUT2D eigenvalue weighted by Gasteiger charge is -2.36. The van der Waals surface area contributed by atoms with Gasteiger partial charge in [-0.15, -0.1) is 0 Å². The molecule has 1 saturated carbocycles. The van der Waals surface area contributed by atoms with E-state index in [0.29, 0.717) is 25.6 Å². The number of aliphatic hydroxyl groups is 1. The average Bonchev–Trinajstić information content (AvgIpc) is 2.96. The Morgan fingerprint density at radius 3 is 2.93 bits per heavy atom. The molecule has 4 aliphatic rings. The Balaban J connectivity index is 1.47. The minimum atomic E-state index is -0.497. The second-order valence-corrected chi connectivity index (χ2v) is 8.90. The zero-order chi connectivity index (χ0) is 20.0. The van der Waals surface area contributed by atoms with Gasteiger partial charge in [0.1, 0.15) is 6.10 Å². The van der Waals surface area contributed by atoms with Gasteiger partial charge in [0.05, 0.1) is 18.6 Å². The zero-order valence-corrected chi connectivity index (χ0v) is 17.0. The number of urea groups is 1. The number of amides is 2. The van der Waals surface area contributed by atoms with Crippen LogP contribution in [-0.2, 0) is 12.0 Å². The van der Waals surface area contributed by atoms with Gasteiger partial charge in [-0.25, -0.2) is 4.79 Å². The molecule has 1 spiro atoms. The van der Waals surface area contributed by atoms with Crippen molar-refractivity contribution in [2.24, 2.45) is 0 Å². The van der Waals surface area contributed by atoms with Gasteiger partial charge in [0.2, 0.25) is 0 Å². The minimum absolute atomic E-state index is 0.0372. The lowest BCUT2D eigenvalue weighted by Crippen LogP contribution is -2.47. The zero-order valence-electron chi connectivity index (χ0n) is 17.0. The van der Waals surface area contributed by atoms with Crippen molar-refractivity contribution in [1.29, 1.82) is 0 Å². The number of aliphatic hydroxyl groups excluding tert-OH is 1. The number of nitrogens with zero attached hydrogens (tertiary/aromatic N) is 1. The van der Waals surface area contributed by atoms with Gasteiger partial charge in [0.25, 0.3) is 0 Å². The highest BCUT2D eigenvalue weighted by atomic mass is 16.5.